The molecule has 148 valence electrons. The van der Waals surface area contributed by atoms with Crippen molar-refractivity contribution in [1.29, 1.82) is 0 Å². The molecule has 2 fully saturated rings. The van der Waals surface area contributed by atoms with E-state index in [4.69, 9.17) is 15.2 Å². The predicted molar refractivity (Wildman–Crippen MR) is 102 cm³/mol. The molecule has 27 heavy (non-hydrogen) atoms. The molecule has 1 aromatic carbocycles. The van der Waals surface area contributed by atoms with Gasteiger partial charge in [-0.15, -0.1) is 0 Å². The summed E-state index contributed by atoms with van der Waals surface area (Å²) in [4.78, 5) is 27.1. The van der Waals surface area contributed by atoms with Gasteiger partial charge in [0.05, 0.1) is 14.2 Å². The van der Waals surface area contributed by atoms with E-state index in [1.165, 1.54) is 0 Å². The lowest BCUT2D eigenvalue weighted by Crippen LogP contribution is -2.48. The Morgan fingerprint density at radius 2 is 1.70 bits per heavy atom. The number of methoxy groups -OCH3 is 2. The summed E-state index contributed by atoms with van der Waals surface area (Å²) < 4.78 is 10.5. The molecule has 0 spiro atoms. The molecular weight excluding hydrogens is 346 g/mol. The van der Waals surface area contributed by atoms with Crippen LogP contribution in [0.3, 0.4) is 0 Å². The number of ether oxygens (including phenoxy) is 2. The molecule has 7 nitrogen and oxygen atoms in total. The van der Waals surface area contributed by atoms with Crippen LogP contribution < -0.4 is 20.5 Å². The molecule has 3 N–H and O–H groups in total. The number of rotatable bonds is 7. The lowest BCUT2D eigenvalue weighted by molar-refractivity contribution is -0.127. The van der Waals surface area contributed by atoms with Crippen molar-refractivity contribution in [2.75, 3.05) is 33.9 Å². The number of benzene rings is 1. The van der Waals surface area contributed by atoms with Gasteiger partial charge in [-0.1, -0.05) is 0 Å². The first-order valence-electron chi connectivity index (χ1n) is 9.58. The maximum atomic E-state index is 12.8. The van der Waals surface area contributed by atoms with Gasteiger partial charge in [-0.2, -0.15) is 0 Å². The zero-order chi connectivity index (χ0) is 19.4. The Morgan fingerprint density at radius 1 is 1.11 bits per heavy atom. The maximum Gasteiger partial charge on any atom is 0.254 e. The van der Waals surface area contributed by atoms with Gasteiger partial charge in [-0.3, -0.25) is 9.59 Å². The average molecular weight is 375 g/mol. The van der Waals surface area contributed by atoms with Crippen molar-refractivity contribution in [3.05, 3.63) is 23.8 Å². The van der Waals surface area contributed by atoms with E-state index in [1.807, 2.05) is 0 Å². The van der Waals surface area contributed by atoms with Crippen molar-refractivity contribution in [3.8, 4) is 11.5 Å². The highest BCUT2D eigenvalue weighted by atomic mass is 16.5. The van der Waals surface area contributed by atoms with Gasteiger partial charge in [0.1, 0.15) is 11.5 Å². The highest BCUT2D eigenvalue weighted by molar-refractivity contribution is 5.95. The first kappa shape index (κ1) is 19.5. The van der Waals surface area contributed by atoms with Gasteiger partial charge < -0.3 is 25.4 Å². The average Bonchev–Trinajstić information content (AvgIpc) is 3.56. The highest BCUT2D eigenvalue weighted by Gasteiger charge is 2.34. The Kier molecular flexibility index (Phi) is 6.21. The van der Waals surface area contributed by atoms with Gasteiger partial charge in [-0.05, 0) is 43.7 Å². The van der Waals surface area contributed by atoms with Crippen molar-refractivity contribution in [2.45, 2.75) is 31.7 Å². The zero-order valence-electron chi connectivity index (χ0n) is 16.1. The van der Waals surface area contributed by atoms with Crippen molar-refractivity contribution in [1.82, 2.24) is 10.2 Å². The quantitative estimate of drug-likeness (QED) is 0.752. The monoisotopic (exact) mass is 375 g/mol. The van der Waals surface area contributed by atoms with E-state index < -0.39 is 0 Å². The van der Waals surface area contributed by atoms with Crippen LogP contribution in [0.15, 0.2) is 18.2 Å². The van der Waals surface area contributed by atoms with E-state index in [0.717, 1.165) is 12.8 Å². The number of nitrogens with two attached hydrogens (primary N) is 1. The summed E-state index contributed by atoms with van der Waals surface area (Å²) in [6.45, 7) is 1.62. The molecule has 0 radical (unpaired) electrons. The summed E-state index contributed by atoms with van der Waals surface area (Å²) >= 11 is 0. The second-order valence-corrected chi connectivity index (χ2v) is 7.36. The van der Waals surface area contributed by atoms with E-state index in [1.54, 1.807) is 37.3 Å². The third-order valence-corrected chi connectivity index (χ3v) is 5.52. The first-order valence-corrected chi connectivity index (χ1v) is 9.58. The largest absolute Gasteiger partial charge is 0.497 e. The molecule has 0 aromatic heterocycles. The lowest BCUT2D eigenvalue weighted by Gasteiger charge is -2.32. The van der Waals surface area contributed by atoms with Crippen LogP contribution in [-0.4, -0.2) is 56.6 Å². The van der Waals surface area contributed by atoms with E-state index in [2.05, 4.69) is 5.32 Å². The second-order valence-electron chi connectivity index (χ2n) is 7.36. The summed E-state index contributed by atoms with van der Waals surface area (Å²) in [5, 5.41) is 3.10. The summed E-state index contributed by atoms with van der Waals surface area (Å²) in [6.07, 6.45) is 3.64. The van der Waals surface area contributed by atoms with Gasteiger partial charge in [-0.25, -0.2) is 0 Å². The smallest absolute Gasteiger partial charge is 0.254 e. The number of nitrogens with zero attached hydrogens (tertiary/aromatic N) is 1. The minimum absolute atomic E-state index is 0.0540. The summed E-state index contributed by atoms with van der Waals surface area (Å²) in [5.74, 6) is 1.67. The fourth-order valence-corrected chi connectivity index (χ4v) is 3.63. The number of hydrogen-bond donors (Lipinski definition) is 2. The zero-order valence-corrected chi connectivity index (χ0v) is 16.1. The van der Waals surface area contributed by atoms with E-state index >= 15 is 0 Å². The van der Waals surface area contributed by atoms with Crippen LogP contribution in [0.5, 0.6) is 11.5 Å². The molecule has 1 aliphatic carbocycles. The van der Waals surface area contributed by atoms with Gasteiger partial charge in [0.25, 0.3) is 5.91 Å². The van der Waals surface area contributed by atoms with Crippen molar-refractivity contribution < 1.29 is 19.1 Å². The van der Waals surface area contributed by atoms with Crippen LogP contribution in [0, 0.1) is 11.8 Å². The molecule has 1 saturated carbocycles. The number of carbonyl (C=O) groups is 2. The minimum Gasteiger partial charge on any atom is -0.497 e. The van der Waals surface area contributed by atoms with Crippen LogP contribution in [0.25, 0.3) is 0 Å². The van der Waals surface area contributed by atoms with E-state index in [0.29, 0.717) is 55.5 Å². The van der Waals surface area contributed by atoms with Crippen molar-refractivity contribution >= 4 is 11.8 Å². The normalized spacial score (nSPS) is 18.7. The molecule has 1 unspecified atom stereocenters. The number of hydrogen-bond acceptors (Lipinski definition) is 5. The molecule has 3 rings (SSSR count). The molecule has 1 saturated heterocycles. The minimum atomic E-state index is -0.0659. The molecule has 7 heteroatoms. The Balaban J connectivity index is 1.57. The lowest BCUT2D eigenvalue weighted by atomic mass is 9.94. The molecule has 1 aromatic rings. The topological polar surface area (TPSA) is 93.9 Å². The van der Waals surface area contributed by atoms with Crippen LogP contribution in [0.1, 0.15) is 36.0 Å². The summed E-state index contributed by atoms with van der Waals surface area (Å²) in [5.41, 5.74) is 6.31. The molecule has 1 heterocycles. The number of carbonyl (C=O) groups excluding carboxylic acids is 2. The fourth-order valence-electron chi connectivity index (χ4n) is 3.63. The summed E-state index contributed by atoms with van der Waals surface area (Å²) in [7, 11) is 3.12. The number of piperidine rings is 1. The molecular formula is C20H29N3O4. The third-order valence-electron chi connectivity index (χ3n) is 5.52. The summed E-state index contributed by atoms with van der Waals surface area (Å²) in [6, 6.07) is 5.26. The van der Waals surface area contributed by atoms with Gasteiger partial charge in [0.15, 0.2) is 0 Å². The Bertz CT molecular complexity index is 660. The van der Waals surface area contributed by atoms with Gasteiger partial charge in [0.2, 0.25) is 5.91 Å². The van der Waals surface area contributed by atoms with E-state index in [-0.39, 0.29) is 23.8 Å². The van der Waals surface area contributed by atoms with E-state index in [9.17, 15) is 9.59 Å². The SMILES string of the molecule is COc1cc(OC)cc(C(=O)N2CCC(C(=O)NC(CN)C3CC3)CC2)c1. The number of likely N-dealkylation sites (tertiary alicyclic amines) is 1. The Hall–Kier alpha value is -2.28. The Morgan fingerprint density at radius 3 is 2.19 bits per heavy atom. The second kappa shape index (κ2) is 8.61. The first-order chi connectivity index (χ1) is 13.0. The molecule has 1 atom stereocenters. The van der Waals surface area contributed by atoms with Crippen molar-refractivity contribution in [3.63, 3.8) is 0 Å². The molecule has 2 amide bonds. The third kappa shape index (κ3) is 4.71. The standard InChI is InChI=1S/C20H29N3O4/c1-26-16-9-15(10-17(11-16)27-2)20(25)23-7-5-14(6-8-23)19(24)22-18(12-21)13-3-4-13/h9-11,13-14,18H,3-8,12,21H2,1-2H3,(H,22,24). The van der Waals surface area contributed by atoms with Crippen LogP contribution in [-0.2, 0) is 4.79 Å². The predicted octanol–water partition coefficient (Wildman–Crippen LogP) is 1.41. The fraction of sp³-hybridized carbons (Fsp3) is 0.600. The number of amides is 2. The molecule has 0 bridgehead atoms. The van der Waals surface area contributed by atoms with Crippen LogP contribution in [0.2, 0.25) is 0 Å². The van der Waals surface area contributed by atoms with Crippen LogP contribution >= 0.6 is 0 Å². The van der Waals surface area contributed by atoms with Crippen LogP contribution in [0.4, 0.5) is 0 Å². The van der Waals surface area contributed by atoms with Gasteiger partial charge >= 0.3 is 0 Å². The maximum absolute atomic E-state index is 12.8. The molecule has 2 aliphatic rings. The Labute approximate surface area is 160 Å². The van der Waals surface area contributed by atoms with Gasteiger partial charge in [0, 0.05) is 43.2 Å². The highest BCUT2D eigenvalue weighted by Crippen LogP contribution is 2.32. The number of nitrogens with one attached hydrogen (secondary N) is 1. The molecule has 1 aliphatic heterocycles. The van der Waals surface area contributed by atoms with Crippen molar-refractivity contribution in [2.24, 2.45) is 17.6 Å².